The highest BCUT2D eigenvalue weighted by Gasteiger charge is 2.33. The first-order chi connectivity index (χ1) is 12.4. The summed E-state index contributed by atoms with van der Waals surface area (Å²) in [6.45, 7) is 1.13. The van der Waals surface area contributed by atoms with E-state index < -0.39 is 5.60 Å². The van der Waals surface area contributed by atoms with Crippen molar-refractivity contribution >= 4 is 17.6 Å². The van der Waals surface area contributed by atoms with Crippen molar-refractivity contribution in [2.45, 2.75) is 24.9 Å². The highest BCUT2D eigenvalue weighted by molar-refractivity contribution is 5.99. The summed E-state index contributed by atoms with van der Waals surface area (Å²) in [5.74, 6) is -0.139. The Balaban J connectivity index is 1.66. The van der Waals surface area contributed by atoms with Gasteiger partial charge in [0, 0.05) is 46.1 Å². The summed E-state index contributed by atoms with van der Waals surface area (Å²) < 4.78 is 1.57. The van der Waals surface area contributed by atoms with Gasteiger partial charge in [-0.2, -0.15) is 5.10 Å². The molecule has 3 rings (SSSR count). The smallest absolute Gasteiger partial charge is 0.316 e. The second-order valence-corrected chi connectivity index (χ2v) is 6.87. The number of urea groups is 1. The van der Waals surface area contributed by atoms with E-state index >= 15 is 0 Å². The standard InChI is InChI=1S/C17H24N6O3/c1-21(2)16(25)19-12-17(26)5-3-8-22(10-6-17)15(24)13-11-20-23-9-4-7-18-14(13)23/h4,7,9,11,26H,3,5-6,8,10,12H2,1-2H3,(H,19,25). The molecule has 9 heteroatoms. The molecule has 1 aliphatic heterocycles. The van der Waals surface area contributed by atoms with Gasteiger partial charge in [-0.3, -0.25) is 4.79 Å². The fraction of sp³-hybridized carbons (Fsp3) is 0.529. The molecule has 0 saturated carbocycles. The van der Waals surface area contributed by atoms with E-state index in [0.717, 1.165) is 0 Å². The lowest BCUT2D eigenvalue weighted by Crippen LogP contribution is -2.46. The van der Waals surface area contributed by atoms with Gasteiger partial charge in [-0.25, -0.2) is 14.3 Å². The van der Waals surface area contributed by atoms with E-state index in [-0.39, 0.29) is 18.5 Å². The molecule has 2 aromatic rings. The van der Waals surface area contributed by atoms with E-state index in [1.54, 1.807) is 42.0 Å². The number of fused-ring (bicyclic) bond motifs is 1. The monoisotopic (exact) mass is 360 g/mol. The number of carbonyl (C=O) groups is 2. The average molecular weight is 360 g/mol. The SMILES string of the molecule is CN(C)C(=O)NCC1(O)CCCN(C(=O)c2cnn3cccnc23)CC1. The molecule has 1 unspecified atom stereocenters. The van der Waals surface area contributed by atoms with Crippen molar-refractivity contribution in [1.82, 2.24) is 29.7 Å². The minimum Gasteiger partial charge on any atom is -0.388 e. The highest BCUT2D eigenvalue weighted by atomic mass is 16.3. The van der Waals surface area contributed by atoms with Crippen molar-refractivity contribution in [2.75, 3.05) is 33.7 Å². The summed E-state index contributed by atoms with van der Waals surface area (Å²) in [7, 11) is 3.30. The van der Waals surface area contributed by atoms with Crippen molar-refractivity contribution < 1.29 is 14.7 Å². The molecule has 0 radical (unpaired) electrons. The molecule has 140 valence electrons. The fourth-order valence-electron chi connectivity index (χ4n) is 3.11. The highest BCUT2D eigenvalue weighted by Crippen LogP contribution is 2.23. The first-order valence-electron chi connectivity index (χ1n) is 8.65. The molecule has 0 spiro atoms. The molecule has 1 saturated heterocycles. The zero-order valence-corrected chi connectivity index (χ0v) is 15.1. The maximum absolute atomic E-state index is 12.9. The number of nitrogens with one attached hydrogen (secondary N) is 1. The summed E-state index contributed by atoms with van der Waals surface area (Å²) in [6.07, 6.45) is 6.48. The number of hydrogen-bond donors (Lipinski definition) is 2. The zero-order chi connectivity index (χ0) is 18.7. The Kier molecular flexibility index (Phi) is 5.08. The summed E-state index contributed by atoms with van der Waals surface area (Å²) in [5, 5.41) is 17.7. The Bertz CT molecular complexity index is 805. The number of nitrogens with zero attached hydrogens (tertiary/aromatic N) is 5. The van der Waals surface area contributed by atoms with Gasteiger partial charge in [0.15, 0.2) is 5.65 Å². The first-order valence-corrected chi connectivity index (χ1v) is 8.65. The topological polar surface area (TPSA) is 103 Å². The molecule has 1 fully saturated rings. The number of amides is 3. The Labute approximate surface area is 151 Å². The minimum absolute atomic E-state index is 0.139. The van der Waals surface area contributed by atoms with Crippen LogP contribution in [0, 0.1) is 0 Å². The van der Waals surface area contributed by atoms with Crippen molar-refractivity contribution in [3.05, 3.63) is 30.2 Å². The van der Waals surface area contributed by atoms with Crippen LogP contribution in [-0.2, 0) is 0 Å². The van der Waals surface area contributed by atoms with Gasteiger partial charge in [-0.1, -0.05) is 0 Å². The quantitative estimate of drug-likeness (QED) is 0.823. The van der Waals surface area contributed by atoms with Gasteiger partial charge < -0.3 is 20.2 Å². The molecule has 1 atom stereocenters. The van der Waals surface area contributed by atoms with Gasteiger partial charge in [-0.15, -0.1) is 0 Å². The summed E-state index contributed by atoms with van der Waals surface area (Å²) >= 11 is 0. The Morgan fingerprint density at radius 1 is 1.35 bits per heavy atom. The molecule has 26 heavy (non-hydrogen) atoms. The summed E-state index contributed by atoms with van der Waals surface area (Å²) in [5.41, 5.74) is -0.0350. The third-order valence-electron chi connectivity index (χ3n) is 4.69. The minimum atomic E-state index is -1.01. The number of hydrogen-bond acceptors (Lipinski definition) is 5. The predicted molar refractivity (Wildman–Crippen MR) is 94.8 cm³/mol. The number of rotatable bonds is 3. The second kappa shape index (κ2) is 7.28. The lowest BCUT2D eigenvalue weighted by molar-refractivity contribution is 0.0272. The van der Waals surface area contributed by atoms with E-state index in [9.17, 15) is 14.7 Å². The van der Waals surface area contributed by atoms with Gasteiger partial charge in [-0.05, 0) is 25.3 Å². The van der Waals surface area contributed by atoms with Crippen LogP contribution < -0.4 is 5.32 Å². The molecule has 2 N–H and O–H groups in total. The van der Waals surface area contributed by atoms with Crippen LogP contribution in [0.4, 0.5) is 4.79 Å². The van der Waals surface area contributed by atoms with Gasteiger partial charge in [0.1, 0.15) is 5.56 Å². The first kappa shape index (κ1) is 18.1. The molecule has 0 aliphatic carbocycles. The Morgan fingerprint density at radius 3 is 2.92 bits per heavy atom. The van der Waals surface area contributed by atoms with Crippen LogP contribution in [0.5, 0.6) is 0 Å². The molecule has 1 aliphatic rings. The number of aromatic nitrogens is 3. The number of aliphatic hydroxyl groups is 1. The van der Waals surface area contributed by atoms with Crippen LogP contribution in [-0.4, -0.2) is 80.8 Å². The maximum atomic E-state index is 12.9. The van der Waals surface area contributed by atoms with Crippen LogP contribution in [0.1, 0.15) is 29.6 Å². The fourth-order valence-corrected chi connectivity index (χ4v) is 3.11. The van der Waals surface area contributed by atoms with E-state index in [0.29, 0.717) is 43.6 Å². The molecule has 3 heterocycles. The maximum Gasteiger partial charge on any atom is 0.316 e. The number of carbonyl (C=O) groups excluding carboxylic acids is 2. The van der Waals surface area contributed by atoms with E-state index in [2.05, 4.69) is 15.4 Å². The van der Waals surface area contributed by atoms with Gasteiger partial charge in [0.25, 0.3) is 5.91 Å². The van der Waals surface area contributed by atoms with Gasteiger partial charge in [0.2, 0.25) is 0 Å². The van der Waals surface area contributed by atoms with Crippen LogP contribution in [0.15, 0.2) is 24.7 Å². The molecule has 0 bridgehead atoms. The molecular weight excluding hydrogens is 336 g/mol. The largest absolute Gasteiger partial charge is 0.388 e. The normalized spacial score (nSPS) is 20.7. The van der Waals surface area contributed by atoms with Crippen LogP contribution in [0.2, 0.25) is 0 Å². The van der Waals surface area contributed by atoms with Crippen molar-refractivity contribution in [3.63, 3.8) is 0 Å². The molecule has 2 aromatic heterocycles. The Hall–Kier alpha value is -2.68. The lowest BCUT2D eigenvalue weighted by atomic mass is 9.95. The second-order valence-electron chi connectivity index (χ2n) is 6.87. The average Bonchev–Trinajstić information content (AvgIpc) is 2.96. The van der Waals surface area contributed by atoms with Crippen molar-refractivity contribution in [2.24, 2.45) is 0 Å². The van der Waals surface area contributed by atoms with Crippen LogP contribution in [0.25, 0.3) is 5.65 Å². The van der Waals surface area contributed by atoms with Crippen LogP contribution in [0.3, 0.4) is 0 Å². The zero-order valence-electron chi connectivity index (χ0n) is 15.1. The third kappa shape index (κ3) is 3.77. The van der Waals surface area contributed by atoms with Crippen molar-refractivity contribution in [1.29, 1.82) is 0 Å². The molecule has 9 nitrogen and oxygen atoms in total. The number of likely N-dealkylation sites (tertiary alicyclic amines) is 1. The lowest BCUT2D eigenvalue weighted by Gasteiger charge is -2.28. The third-order valence-corrected chi connectivity index (χ3v) is 4.69. The van der Waals surface area contributed by atoms with Crippen molar-refractivity contribution in [3.8, 4) is 0 Å². The summed E-state index contributed by atoms with van der Waals surface area (Å²) in [6, 6.07) is 1.51. The molecule has 0 aromatic carbocycles. The predicted octanol–water partition coefficient (Wildman–Crippen LogP) is 0.358. The van der Waals surface area contributed by atoms with Gasteiger partial charge in [0.05, 0.1) is 11.8 Å². The van der Waals surface area contributed by atoms with Gasteiger partial charge >= 0.3 is 6.03 Å². The van der Waals surface area contributed by atoms with E-state index in [1.807, 2.05) is 0 Å². The van der Waals surface area contributed by atoms with E-state index in [1.165, 1.54) is 11.1 Å². The van der Waals surface area contributed by atoms with Crippen LogP contribution >= 0.6 is 0 Å². The molecule has 3 amide bonds. The Morgan fingerprint density at radius 2 is 2.15 bits per heavy atom. The summed E-state index contributed by atoms with van der Waals surface area (Å²) in [4.78, 5) is 31.9. The van der Waals surface area contributed by atoms with E-state index in [4.69, 9.17) is 0 Å². The molecular formula is C17H24N6O3.